The third-order valence-electron chi connectivity index (χ3n) is 4.55. The van der Waals surface area contributed by atoms with Crippen molar-refractivity contribution in [2.45, 2.75) is 20.4 Å². The number of fused-ring (bicyclic) bond motifs is 1. The van der Waals surface area contributed by atoms with E-state index in [0.717, 1.165) is 15.9 Å². The fourth-order valence-corrected chi connectivity index (χ4v) is 3.93. The molecule has 7 heteroatoms. The maximum Gasteiger partial charge on any atom is 0.278 e. The number of aryl methyl sites for hydroxylation is 3. The highest BCUT2D eigenvalue weighted by Gasteiger charge is 2.24. The van der Waals surface area contributed by atoms with E-state index in [1.54, 1.807) is 35.1 Å². The monoisotopic (exact) mass is 377 g/mol. The lowest BCUT2D eigenvalue weighted by atomic mass is 10.1. The van der Waals surface area contributed by atoms with Gasteiger partial charge in [0, 0.05) is 19.4 Å². The van der Waals surface area contributed by atoms with Crippen molar-refractivity contribution in [2.75, 3.05) is 4.90 Å². The van der Waals surface area contributed by atoms with Gasteiger partial charge < -0.3 is 0 Å². The fourth-order valence-electron chi connectivity index (χ4n) is 2.89. The Morgan fingerprint density at radius 3 is 2.67 bits per heavy atom. The Balaban J connectivity index is 1.79. The third kappa shape index (κ3) is 3.33. The lowest BCUT2D eigenvalue weighted by molar-refractivity contribution is 0.0975. The number of nitrogens with zero attached hydrogens (tertiary/aromatic N) is 5. The minimum atomic E-state index is -0.145. The molecule has 0 spiro atoms. The fraction of sp³-hybridized carbons (Fsp3) is 0.200. The van der Waals surface area contributed by atoms with Gasteiger partial charge in [-0.1, -0.05) is 17.4 Å². The molecular formula is C20H19N5OS. The largest absolute Gasteiger partial charge is 0.278 e. The average Bonchev–Trinajstić information content (AvgIpc) is 3.26. The van der Waals surface area contributed by atoms with Crippen LogP contribution in [0.4, 0.5) is 5.13 Å². The second-order valence-corrected chi connectivity index (χ2v) is 7.46. The van der Waals surface area contributed by atoms with E-state index in [1.165, 1.54) is 22.5 Å². The van der Waals surface area contributed by atoms with Gasteiger partial charge in [-0.15, -0.1) is 0 Å². The summed E-state index contributed by atoms with van der Waals surface area (Å²) >= 11 is 1.52. The summed E-state index contributed by atoms with van der Waals surface area (Å²) in [5, 5.41) is 4.78. The maximum absolute atomic E-state index is 13.2. The first kappa shape index (κ1) is 17.4. The molecule has 0 unspecified atom stereocenters. The minimum Gasteiger partial charge on any atom is -0.277 e. The highest BCUT2D eigenvalue weighted by molar-refractivity contribution is 7.22. The van der Waals surface area contributed by atoms with E-state index in [0.29, 0.717) is 17.4 Å². The lowest BCUT2D eigenvalue weighted by Gasteiger charge is -2.19. The van der Waals surface area contributed by atoms with E-state index in [4.69, 9.17) is 4.98 Å². The smallest absolute Gasteiger partial charge is 0.277 e. The summed E-state index contributed by atoms with van der Waals surface area (Å²) < 4.78 is 2.65. The van der Waals surface area contributed by atoms with Crippen molar-refractivity contribution in [3.05, 3.63) is 71.3 Å². The molecule has 0 aliphatic rings. The molecule has 3 heterocycles. The number of benzene rings is 1. The van der Waals surface area contributed by atoms with Gasteiger partial charge in [0.15, 0.2) is 5.13 Å². The Morgan fingerprint density at radius 2 is 1.96 bits per heavy atom. The van der Waals surface area contributed by atoms with Gasteiger partial charge in [0.1, 0.15) is 5.69 Å². The summed E-state index contributed by atoms with van der Waals surface area (Å²) in [6.45, 7) is 4.50. The van der Waals surface area contributed by atoms with Gasteiger partial charge in [-0.25, -0.2) is 4.98 Å². The van der Waals surface area contributed by atoms with E-state index in [9.17, 15) is 4.79 Å². The molecule has 0 atom stereocenters. The molecule has 0 radical (unpaired) electrons. The van der Waals surface area contributed by atoms with Gasteiger partial charge in [-0.05, 0) is 55.3 Å². The predicted molar refractivity (Wildman–Crippen MR) is 107 cm³/mol. The van der Waals surface area contributed by atoms with Crippen LogP contribution in [0.5, 0.6) is 0 Å². The molecule has 0 saturated carbocycles. The average molecular weight is 377 g/mol. The molecule has 4 rings (SSSR count). The molecule has 4 aromatic rings. The number of amides is 1. The second-order valence-electron chi connectivity index (χ2n) is 6.45. The zero-order chi connectivity index (χ0) is 19.0. The molecule has 27 heavy (non-hydrogen) atoms. The first-order valence-electron chi connectivity index (χ1n) is 8.60. The molecule has 1 amide bonds. The van der Waals surface area contributed by atoms with E-state index in [2.05, 4.69) is 36.1 Å². The molecule has 0 fully saturated rings. The summed E-state index contributed by atoms with van der Waals surface area (Å²) in [5.41, 5.74) is 4.62. The number of thiazole rings is 1. The molecular weight excluding hydrogens is 358 g/mol. The van der Waals surface area contributed by atoms with E-state index in [-0.39, 0.29) is 5.91 Å². The van der Waals surface area contributed by atoms with Crippen molar-refractivity contribution in [1.82, 2.24) is 19.7 Å². The van der Waals surface area contributed by atoms with Crippen molar-refractivity contribution in [3.63, 3.8) is 0 Å². The molecule has 0 aliphatic carbocycles. The van der Waals surface area contributed by atoms with Gasteiger partial charge >= 0.3 is 0 Å². The van der Waals surface area contributed by atoms with Crippen molar-refractivity contribution >= 4 is 32.6 Å². The Morgan fingerprint density at radius 1 is 1.15 bits per heavy atom. The molecule has 0 N–H and O–H groups in total. The molecule has 136 valence electrons. The summed E-state index contributed by atoms with van der Waals surface area (Å²) in [4.78, 5) is 24.0. The van der Waals surface area contributed by atoms with E-state index >= 15 is 0 Å². The van der Waals surface area contributed by atoms with Crippen LogP contribution in [0.1, 0.15) is 27.3 Å². The second kappa shape index (κ2) is 6.92. The molecule has 0 aliphatic heterocycles. The van der Waals surface area contributed by atoms with Crippen LogP contribution in [0.25, 0.3) is 10.2 Å². The number of anilines is 1. The highest BCUT2D eigenvalue weighted by atomic mass is 32.1. The highest BCUT2D eigenvalue weighted by Crippen LogP contribution is 2.32. The number of carbonyl (C=O) groups is 1. The van der Waals surface area contributed by atoms with Crippen LogP contribution in [-0.4, -0.2) is 25.7 Å². The van der Waals surface area contributed by atoms with E-state index in [1.807, 2.05) is 18.2 Å². The first-order chi connectivity index (χ1) is 13.0. The van der Waals surface area contributed by atoms with E-state index < -0.39 is 0 Å². The molecule has 3 aromatic heterocycles. The molecule has 0 saturated heterocycles. The summed E-state index contributed by atoms with van der Waals surface area (Å²) in [6, 6.07) is 11.6. The van der Waals surface area contributed by atoms with Gasteiger partial charge in [-0.3, -0.25) is 19.4 Å². The topological polar surface area (TPSA) is 63.9 Å². The van der Waals surface area contributed by atoms with Crippen molar-refractivity contribution in [2.24, 2.45) is 7.05 Å². The zero-order valence-corrected chi connectivity index (χ0v) is 16.2. The normalized spacial score (nSPS) is 11.1. The van der Waals surface area contributed by atoms with Crippen molar-refractivity contribution in [3.8, 4) is 0 Å². The van der Waals surface area contributed by atoms with Crippen LogP contribution >= 0.6 is 11.3 Å². The lowest BCUT2D eigenvalue weighted by Crippen LogP contribution is -2.32. The van der Waals surface area contributed by atoms with Crippen LogP contribution in [0.2, 0.25) is 0 Å². The SMILES string of the molecule is Cc1cc2nc(N(Cc3ccccn3)C(=O)c3ccnn3C)sc2cc1C. The van der Waals surface area contributed by atoms with Crippen molar-refractivity contribution in [1.29, 1.82) is 0 Å². The summed E-state index contributed by atoms with van der Waals surface area (Å²) in [6.07, 6.45) is 3.35. The van der Waals surface area contributed by atoms with Gasteiger partial charge in [-0.2, -0.15) is 5.10 Å². The Kier molecular flexibility index (Phi) is 4.45. The van der Waals surface area contributed by atoms with Crippen LogP contribution in [0, 0.1) is 13.8 Å². The molecule has 0 bridgehead atoms. The minimum absolute atomic E-state index is 0.145. The predicted octanol–water partition coefficient (Wildman–Crippen LogP) is 3.89. The van der Waals surface area contributed by atoms with Crippen LogP contribution < -0.4 is 4.90 Å². The van der Waals surface area contributed by atoms with Crippen LogP contribution in [0.3, 0.4) is 0 Å². The van der Waals surface area contributed by atoms with Gasteiger partial charge in [0.25, 0.3) is 5.91 Å². The number of pyridine rings is 1. The Bertz CT molecular complexity index is 1080. The zero-order valence-electron chi connectivity index (χ0n) is 15.4. The Labute approximate surface area is 161 Å². The van der Waals surface area contributed by atoms with Gasteiger partial charge in [0.05, 0.1) is 22.5 Å². The number of rotatable bonds is 4. The van der Waals surface area contributed by atoms with Crippen LogP contribution in [-0.2, 0) is 13.6 Å². The van der Waals surface area contributed by atoms with Gasteiger partial charge in [0.2, 0.25) is 0 Å². The maximum atomic E-state index is 13.2. The molecule has 1 aromatic carbocycles. The van der Waals surface area contributed by atoms with Crippen molar-refractivity contribution < 1.29 is 4.79 Å². The quantitative estimate of drug-likeness (QED) is 0.541. The summed E-state index contributed by atoms with van der Waals surface area (Å²) in [7, 11) is 1.76. The third-order valence-corrected chi connectivity index (χ3v) is 5.60. The first-order valence-corrected chi connectivity index (χ1v) is 9.42. The molecule has 6 nitrogen and oxygen atoms in total. The number of hydrogen-bond acceptors (Lipinski definition) is 5. The summed E-state index contributed by atoms with van der Waals surface area (Å²) in [5.74, 6) is -0.145. The van der Waals surface area contributed by atoms with Crippen LogP contribution in [0.15, 0.2) is 48.8 Å². The Hall–Kier alpha value is -3.06. The standard InChI is InChI=1S/C20H19N5OS/c1-13-10-16-18(11-14(13)2)27-20(23-16)25(12-15-6-4-5-8-21-15)19(26)17-7-9-22-24(17)3/h4-11H,12H2,1-3H3. The number of hydrogen-bond donors (Lipinski definition) is 0. The number of aromatic nitrogens is 4. The number of carbonyl (C=O) groups excluding carboxylic acids is 1.